The van der Waals surface area contributed by atoms with Crippen LogP contribution in [0.15, 0.2) is 92.8 Å². The molecule has 5 aromatic rings. The van der Waals surface area contributed by atoms with Crippen LogP contribution in [0.1, 0.15) is 12.5 Å². The van der Waals surface area contributed by atoms with Gasteiger partial charge >= 0.3 is 6.08 Å². The molecule has 0 atom stereocenters. The van der Waals surface area contributed by atoms with Gasteiger partial charge < -0.3 is 20.4 Å². The number of aromatic hydroxyl groups is 1. The molecule has 15 nitrogen and oxygen atoms in total. The molecule has 0 spiro atoms. The SMILES string of the molecule is CCN(c1ccccc1)c1nc(F)nc(Nc2ccc3c(O)c(N=Nc4ccc(CO)cc4S(=O)(=O)O)c(S(=O)(=O)O)cc3c2)n1. The van der Waals surface area contributed by atoms with Crippen molar-refractivity contribution in [3.63, 3.8) is 0 Å². The number of halogens is 1. The van der Waals surface area contributed by atoms with E-state index in [9.17, 15) is 40.5 Å². The predicted molar refractivity (Wildman–Crippen MR) is 164 cm³/mol. The third-order valence-corrected chi connectivity index (χ3v) is 8.30. The van der Waals surface area contributed by atoms with Gasteiger partial charge in [0, 0.05) is 23.3 Å². The molecule has 5 N–H and O–H groups in total. The van der Waals surface area contributed by atoms with Gasteiger partial charge in [0.05, 0.1) is 6.61 Å². The van der Waals surface area contributed by atoms with E-state index in [1.54, 1.807) is 29.2 Å². The Morgan fingerprint density at radius 3 is 2.24 bits per heavy atom. The number of rotatable bonds is 10. The highest BCUT2D eigenvalue weighted by Crippen LogP contribution is 2.42. The monoisotopic (exact) mass is 669 g/mol. The van der Waals surface area contributed by atoms with Crippen LogP contribution >= 0.6 is 0 Å². The Morgan fingerprint density at radius 2 is 1.59 bits per heavy atom. The van der Waals surface area contributed by atoms with E-state index in [0.717, 1.165) is 18.2 Å². The molecular weight excluding hydrogens is 645 g/mol. The molecule has 5 rings (SSSR count). The fraction of sp³-hybridized carbons (Fsp3) is 0.107. The van der Waals surface area contributed by atoms with Crippen LogP contribution in [-0.4, -0.2) is 57.7 Å². The van der Waals surface area contributed by atoms with Crippen molar-refractivity contribution in [1.29, 1.82) is 0 Å². The van der Waals surface area contributed by atoms with Gasteiger partial charge in [0.15, 0.2) is 5.75 Å². The molecule has 0 amide bonds. The molecule has 46 heavy (non-hydrogen) atoms. The first kappa shape index (κ1) is 32.3. The highest BCUT2D eigenvalue weighted by atomic mass is 32.2. The molecule has 0 saturated carbocycles. The van der Waals surface area contributed by atoms with Crippen LogP contribution in [0.4, 0.5) is 39.0 Å². The van der Waals surface area contributed by atoms with E-state index in [1.165, 1.54) is 24.3 Å². The minimum atomic E-state index is -5.05. The number of phenolic OH excluding ortho intramolecular Hbond substituents is 1. The summed E-state index contributed by atoms with van der Waals surface area (Å²) in [5, 5.41) is 30.6. The van der Waals surface area contributed by atoms with E-state index < -0.39 is 59.8 Å². The summed E-state index contributed by atoms with van der Waals surface area (Å²) >= 11 is 0. The number of aliphatic hydroxyl groups excluding tert-OH is 1. The summed E-state index contributed by atoms with van der Waals surface area (Å²) in [5.41, 5.74) is -0.0995. The van der Waals surface area contributed by atoms with Gasteiger partial charge in [-0.15, -0.1) is 10.2 Å². The van der Waals surface area contributed by atoms with E-state index >= 15 is 0 Å². The fourth-order valence-electron chi connectivity index (χ4n) is 4.47. The number of para-hydroxylation sites is 1. The van der Waals surface area contributed by atoms with Crippen LogP contribution in [-0.2, 0) is 26.8 Å². The Bertz CT molecular complexity index is 2200. The van der Waals surface area contributed by atoms with Crippen LogP contribution in [0, 0.1) is 6.08 Å². The Hall–Kier alpha value is -5.14. The van der Waals surface area contributed by atoms with E-state index in [0.29, 0.717) is 12.2 Å². The maximum absolute atomic E-state index is 14.5. The second kappa shape index (κ2) is 12.7. The lowest BCUT2D eigenvalue weighted by Gasteiger charge is -2.21. The van der Waals surface area contributed by atoms with Gasteiger partial charge in [-0.05, 0) is 66.4 Å². The number of benzene rings is 4. The summed E-state index contributed by atoms with van der Waals surface area (Å²) in [4.78, 5) is 11.8. The maximum Gasteiger partial charge on any atom is 0.315 e. The Morgan fingerprint density at radius 1 is 0.870 bits per heavy atom. The van der Waals surface area contributed by atoms with Crippen LogP contribution in [0.25, 0.3) is 10.8 Å². The molecular formula is C28H24FN7O8S2. The molecule has 18 heteroatoms. The number of hydrogen-bond acceptors (Lipinski definition) is 13. The molecule has 0 fully saturated rings. The number of aliphatic hydroxyl groups is 1. The lowest BCUT2D eigenvalue weighted by atomic mass is 10.1. The zero-order valence-corrected chi connectivity index (χ0v) is 25.3. The molecule has 238 valence electrons. The second-order valence-corrected chi connectivity index (χ2v) is 12.3. The zero-order valence-electron chi connectivity index (χ0n) is 23.6. The third kappa shape index (κ3) is 6.90. The van der Waals surface area contributed by atoms with E-state index in [2.05, 4.69) is 30.5 Å². The first-order valence-electron chi connectivity index (χ1n) is 13.2. The van der Waals surface area contributed by atoms with Crippen LogP contribution in [0.5, 0.6) is 5.75 Å². The van der Waals surface area contributed by atoms with Crippen molar-refractivity contribution in [2.24, 2.45) is 10.2 Å². The zero-order chi connectivity index (χ0) is 33.2. The first-order valence-corrected chi connectivity index (χ1v) is 16.1. The summed E-state index contributed by atoms with van der Waals surface area (Å²) in [7, 11) is -9.90. The van der Waals surface area contributed by atoms with Crippen LogP contribution in [0.3, 0.4) is 0 Å². The van der Waals surface area contributed by atoms with Gasteiger partial charge in [0.2, 0.25) is 11.9 Å². The Kier molecular flexibility index (Phi) is 8.90. The summed E-state index contributed by atoms with van der Waals surface area (Å²) in [6.07, 6.45) is -1.06. The average Bonchev–Trinajstić information content (AvgIpc) is 3.00. The molecule has 0 bridgehead atoms. The van der Waals surface area contributed by atoms with Crippen molar-refractivity contribution in [3.8, 4) is 5.75 Å². The molecule has 1 heterocycles. The van der Waals surface area contributed by atoms with Gasteiger partial charge in [-0.25, -0.2) is 0 Å². The highest BCUT2D eigenvalue weighted by molar-refractivity contribution is 7.86. The van der Waals surface area contributed by atoms with Gasteiger partial charge in [-0.1, -0.05) is 24.3 Å². The normalized spacial score (nSPS) is 12.1. The van der Waals surface area contributed by atoms with Crippen molar-refractivity contribution < 1.29 is 40.5 Å². The van der Waals surface area contributed by atoms with E-state index in [4.69, 9.17) is 0 Å². The lowest BCUT2D eigenvalue weighted by molar-refractivity contribution is 0.281. The maximum atomic E-state index is 14.5. The van der Waals surface area contributed by atoms with Gasteiger partial charge in [-0.3, -0.25) is 9.11 Å². The summed E-state index contributed by atoms with van der Waals surface area (Å²) in [6, 6.07) is 17.5. The number of hydrogen-bond donors (Lipinski definition) is 5. The van der Waals surface area contributed by atoms with Gasteiger partial charge in [0.1, 0.15) is 21.2 Å². The van der Waals surface area contributed by atoms with Gasteiger partial charge in [0.25, 0.3) is 20.2 Å². The van der Waals surface area contributed by atoms with Crippen molar-refractivity contribution in [1.82, 2.24) is 15.0 Å². The Balaban J connectivity index is 1.55. The molecule has 0 unspecified atom stereocenters. The number of phenols is 1. The first-order chi connectivity index (χ1) is 21.8. The standard InChI is InChI=1S/C28H24FN7O8S2/c1-2-36(19-6-4-3-5-7-19)28-32-26(29)31-27(33-28)30-18-9-10-20-17(13-18)14-23(46(42,43)44)24(25(20)38)35-34-21-11-8-16(15-37)12-22(21)45(39,40)41/h3-14,37-38H,2,15H2,1H3,(H,39,40,41)(H,42,43,44)(H,30,31,32,33). The van der Waals surface area contributed by atoms with Crippen LogP contribution in [0.2, 0.25) is 0 Å². The molecule has 0 aliphatic carbocycles. The highest BCUT2D eigenvalue weighted by Gasteiger charge is 2.23. The minimum Gasteiger partial charge on any atom is -0.505 e. The lowest BCUT2D eigenvalue weighted by Crippen LogP contribution is -2.20. The predicted octanol–water partition coefficient (Wildman–Crippen LogP) is 5.17. The largest absolute Gasteiger partial charge is 0.505 e. The molecule has 0 radical (unpaired) electrons. The molecule has 1 aromatic heterocycles. The fourth-order valence-corrected chi connectivity index (χ4v) is 5.80. The van der Waals surface area contributed by atoms with Crippen LogP contribution < -0.4 is 10.2 Å². The number of aromatic nitrogens is 3. The summed E-state index contributed by atoms with van der Waals surface area (Å²) < 4.78 is 82.4. The van der Waals surface area contributed by atoms with Crippen molar-refractivity contribution in [2.75, 3.05) is 16.8 Å². The number of azo groups is 1. The molecule has 0 aliphatic heterocycles. The van der Waals surface area contributed by atoms with Crippen molar-refractivity contribution in [2.45, 2.75) is 23.3 Å². The summed E-state index contributed by atoms with van der Waals surface area (Å²) in [6.45, 7) is 1.69. The minimum absolute atomic E-state index is 0.0222. The number of nitrogens with zero attached hydrogens (tertiary/aromatic N) is 6. The molecule has 0 aliphatic rings. The number of fused-ring (bicyclic) bond motifs is 1. The van der Waals surface area contributed by atoms with E-state index in [-0.39, 0.29) is 33.9 Å². The topological polar surface area (TPSA) is 228 Å². The number of anilines is 4. The smallest absolute Gasteiger partial charge is 0.315 e. The third-order valence-electron chi connectivity index (χ3n) is 6.55. The average molecular weight is 670 g/mol. The Labute approximate surface area is 261 Å². The number of nitrogens with one attached hydrogen (secondary N) is 1. The van der Waals surface area contributed by atoms with Crippen molar-refractivity contribution in [3.05, 3.63) is 84.4 Å². The van der Waals surface area contributed by atoms with Gasteiger partial charge in [-0.2, -0.15) is 36.2 Å². The second-order valence-electron chi connectivity index (χ2n) is 9.55. The molecule has 4 aromatic carbocycles. The van der Waals surface area contributed by atoms with E-state index in [1.807, 2.05) is 13.0 Å². The summed E-state index contributed by atoms with van der Waals surface area (Å²) in [5.74, 6) is -0.896. The quantitative estimate of drug-likeness (QED) is 0.0956. The molecule has 0 saturated heterocycles. The van der Waals surface area contributed by atoms with Crippen molar-refractivity contribution >= 4 is 65.7 Å².